The van der Waals surface area contributed by atoms with Gasteiger partial charge in [0.1, 0.15) is 0 Å². The van der Waals surface area contributed by atoms with Crippen molar-refractivity contribution in [1.82, 2.24) is 4.98 Å². The van der Waals surface area contributed by atoms with E-state index in [1.54, 1.807) is 0 Å². The molecule has 0 fully saturated rings. The van der Waals surface area contributed by atoms with Gasteiger partial charge in [-0.05, 0) is 29.8 Å². The molecule has 0 saturated carbocycles. The lowest BCUT2D eigenvalue weighted by atomic mass is 10.1. The van der Waals surface area contributed by atoms with E-state index >= 15 is 0 Å². The fourth-order valence-electron chi connectivity index (χ4n) is 2.03. The standard InChI is InChI=1S/C17H12BrIN2OS/c18-14-3-1-2-13(8-14)15-10-23-17(20-15)21-16(22)12-6-4-11(9-19)5-7-12/h1-8,10H,9H2,(H,20,21,22). The number of nitrogens with one attached hydrogen (secondary N) is 1. The summed E-state index contributed by atoms with van der Waals surface area (Å²) in [6.45, 7) is 0. The summed E-state index contributed by atoms with van der Waals surface area (Å²) in [7, 11) is 0. The van der Waals surface area contributed by atoms with Gasteiger partial charge in [-0.15, -0.1) is 11.3 Å². The maximum atomic E-state index is 12.3. The highest BCUT2D eigenvalue weighted by Crippen LogP contribution is 2.27. The fourth-order valence-corrected chi connectivity index (χ4v) is 3.65. The number of aromatic nitrogens is 1. The van der Waals surface area contributed by atoms with E-state index in [0.29, 0.717) is 10.7 Å². The van der Waals surface area contributed by atoms with Gasteiger partial charge in [0.15, 0.2) is 5.13 Å². The molecule has 0 aliphatic heterocycles. The number of rotatable bonds is 4. The molecule has 3 nitrogen and oxygen atoms in total. The van der Waals surface area contributed by atoms with Crippen molar-refractivity contribution in [2.45, 2.75) is 4.43 Å². The lowest BCUT2D eigenvalue weighted by Crippen LogP contribution is -2.11. The van der Waals surface area contributed by atoms with Crippen LogP contribution in [-0.4, -0.2) is 10.9 Å². The highest BCUT2D eigenvalue weighted by atomic mass is 127. The van der Waals surface area contributed by atoms with Crippen LogP contribution in [-0.2, 0) is 4.43 Å². The van der Waals surface area contributed by atoms with Crippen LogP contribution in [0.5, 0.6) is 0 Å². The third-order valence-electron chi connectivity index (χ3n) is 3.22. The molecule has 3 aromatic rings. The van der Waals surface area contributed by atoms with Gasteiger partial charge in [0.25, 0.3) is 5.91 Å². The van der Waals surface area contributed by atoms with Crippen molar-refractivity contribution in [3.05, 3.63) is 69.5 Å². The van der Waals surface area contributed by atoms with E-state index in [9.17, 15) is 4.79 Å². The van der Waals surface area contributed by atoms with Crippen LogP contribution >= 0.6 is 49.9 Å². The van der Waals surface area contributed by atoms with Gasteiger partial charge in [-0.3, -0.25) is 10.1 Å². The second kappa shape index (κ2) is 7.55. The number of carbonyl (C=O) groups is 1. The Hall–Kier alpha value is -1.25. The first-order valence-corrected chi connectivity index (χ1v) is 10.0. The number of nitrogens with zero attached hydrogens (tertiary/aromatic N) is 1. The summed E-state index contributed by atoms with van der Waals surface area (Å²) in [6.07, 6.45) is 0. The monoisotopic (exact) mass is 498 g/mol. The normalized spacial score (nSPS) is 10.5. The molecule has 2 aromatic carbocycles. The topological polar surface area (TPSA) is 42.0 Å². The predicted octanol–water partition coefficient (Wildman–Crippen LogP) is 5.76. The van der Waals surface area contributed by atoms with Crippen LogP contribution in [0.1, 0.15) is 15.9 Å². The molecule has 6 heteroatoms. The zero-order chi connectivity index (χ0) is 16.2. The third-order valence-corrected chi connectivity index (χ3v) is 5.35. The van der Waals surface area contributed by atoms with Crippen molar-refractivity contribution in [1.29, 1.82) is 0 Å². The van der Waals surface area contributed by atoms with E-state index in [0.717, 1.165) is 20.2 Å². The molecule has 0 saturated heterocycles. The molecule has 0 unspecified atom stereocenters. The largest absolute Gasteiger partial charge is 0.298 e. The summed E-state index contributed by atoms with van der Waals surface area (Å²) in [5, 5.41) is 5.40. The second-order valence-corrected chi connectivity index (χ2v) is 7.37. The number of thiazole rings is 1. The lowest BCUT2D eigenvalue weighted by Gasteiger charge is -2.02. The van der Waals surface area contributed by atoms with Crippen LogP contribution in [0.4, 0.5) is 5.13 Å². The Morgan fingerprint density at radius 3 is 2.70 bits per heavy atom. The minimum Gasteiger partial charge on any atom is -0.298 e. The molecule has 1 amide bonds. The quantitative estimate of drug-likeness (QED) is 0.367. The minimum atomic E-state index is -0.139. The van der Waals surface area contributed by atoms with Gasteiger partial charge in [0, 0.05) is 25.4 Å². The number of anilines is 1. The van der Waals surface area contributed by atoms with E-state index in [4.69, 9.17) is 0 Å². The maximum absolute atomic E-state index is 12.3. The van der Waals surface area contributed by atoms with E-state index in [-0.39, 0.29) is 5.91 Å². The maximum Gasteiger partial charge on any atom is 0.257 e. The number of carbonyl (C=O) groups excluding carboxylic acids is 1. The van der Waals surface area contributed by atoms with E-state index < -0.39 is 0 Å². The molecule has 0 bridgehead atoms. The van der Waals surface area contributed by atoms with Crippen LogP contribution in [0, 0.1) is 0 Å². The molecule has 0 radical (unpaired) electrons. The van der Waals surface area contributed by atoms with Crippen molar-refractivity contribution in [2.75, 3.05) is 5.32 Å². The van der Waals surface area contributed by atoms with Gasteiger partial charge in [-0.1, -0.05) is 62.8 Å². The Balaban J connectivity index is 1.74. The summed E-state index contributed by atoms with van der Waals surface area (Å²) < 4.78 is 1.94. The zero-order valence-electron chi connectivity index (χ0n) is 11.9. The first-order valence-electron chi connectivity index (χ1n) is 6.83. The molecule has 0 spiro atoms. The second-order valence-electron chi connectivity index (χ2n) is 4.83. The number of alkyl halides is 1. The zero-order valence-corrected chi connectivity index (χ0v) is 16.5. The van der Waals surface area contributed by atoms with Gasteiger partial charge >= 0.3 is 0 Å². The van der Waals surface area contributed by atoms with E-state index in [1.165, 1.54) is 16.9 Å². The smallest absolute Gasteiger partial charge is 0.257 e. The van der Waals surface area contributed by atoms with Crippen LogP contribution < -0.4 is 5.32 Å². The fraction of sp³-hybridized carbons (Fsp3) is 0.0588. The van der Waals surface area contributed by atoms with Gasteiger partial charge in [-0.25, -0.2) is 4.98 Å². The number of hydrogen-bond acceptors (Lipinski definition) is 3. The van der Waals surface area contributed by atoms with E-state index in [1.807, 2.05) is 53.9 Å². The number of benzene rings is 2. The molecule has 116 valence electrons. The SMILES string of the molecule is O=C(Nc1nc(-c2cccc(Br)c2)cs1)c1ccc(CI)cc1. The predicted molar refractivity (Wildman–Crippen MR) is 107 cm³/mol. The van der Waals surface area contributed by atoms with Gasteiger partial charge < -0.3 is 0 Å². The molecule has 1 heterocycles. The van der Waals surface area contributed by atoms with Crippen LogP contribution in [0.15, 0.2) is 58.4 Å². The Kier molecular flexibility index (Phi) is 5.45. The molecule has 1 N–H and O–H groups in total. The summed E-state index contributed by atoms with van der Waals surface area (Å²) in [5.41, 5.74) is 3.71. The first-order chi connectivity index (χ1) is 11.2. The Labute approximate surface area is 160 Å². The van der Waals surface area contributed by atoms with E-state index in [2.05, 4.69) is 48.8 Å². The van der Waals surface area contributed by atoms with Crippen LogP contribution in [0.3, 0.4) is 0 Å². The summed E-state index contributed by atoms with van der Waals surface area (Å²) in [6, 6.07) is 15.5. The van der Waals surface area contributed by atoms with Crippen molar-refractivity contribution < 1.29 is 4.79 Å². The number of halogens is 2. The molecular weight excluding hydrogens is 487 g/mol. The summed E-state index contributed by atoms with van der Waals surface area (Å²) in [5.74, 6) is -0.139. The van der Waals surface area contributed by atoms with Crippen molar-refractivity contribution in [3.8, 4) is 11.3 Å². The molecule has 1 aromatic heterocycles. The molecule has 0 aliphatic rings. The molecular formula is C17H12BrIN2OS. The third kappa shape index (κ3) is 4.19. The number of hydrogen-bond donors (Lipinski definition) is 1. The van der Waals surface area contributed by atoms with Crippen LogP contribution in [0.25, 0.3) is 11.3 Å². The van der Waals surface area contributed by atoms with Crippen molar-refractivity contribution >= 4 is 60.9 Å². The molecule has 23 heavy (non-hydrogen) atoms. The summed E-state index contributed by atoms with van der Waals surface area (Å²) in [4.78, 5) is 16.7. The lowest BCUT2D eigenvalue weighted by molar-refractivity contribution is 0.102. The average molecular weight is 499 g/mol. The average Bonchev–Trinajstić information content (AvgIpc) is 3.03. The minimum absolute atomic E-state index is 0.139. The molecule has 0 aliphatic carbocycles. The van der Waals surface area contributed by atoms with Crippen LogP contribution in [0.2, 0.25) is 0 Å². The van der Waals surface area contributed by atoms with Gasteiger partial charge in [-0.2, -0.15) is 0 Å². The summed E-state index contributed by atoms with van der Waals surface area (Å²) >= 11 is 7.17. The Morgan fingerprint density at radius 1 is 1.22 bits per heavy atom. The van der Waals surface area contributed by atoms with Gasteiger partial charge in [0.05, 0.1) is 5.69 Å². The first kappa shape index (κ1) is 16.6. The highest BCUT2D eigenvalue weighted by molar-refractivity contribution is 14.1. The van der Waals surface area contributed by atoms with Crippen molar-refractivity contribution in [2.24, 2.45) is 0 Å². The molecule has 0 atom stereocenters. The Morgan fingerprint density at radius 2 is 2.00 bits per heavy atom. The van der Waals surface area contributed by atoms with Gasteiger partial charge in [0.2, 0.25) is 0 Å². The number of amides is 1. The van der Waals surface area contributed by atoms with Crippen molar-refractivity contribution in [3.63, 3.8) is 0 Å². The highest BCUT2D eigenvalue weighted by Gasteiger charge is 2.10. The molecule has 3 rings (SSSR count). The Bertz CT molecular complexity index is 833.